The number of hydrogen-bond acceptors (Lipinski definition) is 5. The number of benzene rings is 1. The lowest BCUT2D eigenvalue weighted by molar-refractivity contribution is -0.119. The monoisotopic (exact) mass is 340 g/mol. The van der Waals surface area contributed by atoms with Gasteiger partial charge in [0.1, 0.15) is 6.10 Å². The summed E-state index contributed by atoms with van der Waals surface area (Å²) in [4.78, 5) is 24.6. The molecule has 2 heterocycles. The van der Waals surface area contributed by atoms with Gasteiger partial charge in [-0.25, -0.2) is 4.79 Å². The van der Waals surface area contributed by atoms with E-state index >= 15 is 0 Å². The third-order valence-electron chi connectivity index (χ3n) is 5.60. The maximum Gasteiger partial charge on any atom is 0.414 e. The fourth-order valence-corrected chi connectivity index (χ4v) is 4.24. The van der Waals surface area contributed by atoms with Crippen LogP contribution in [0.5, 0.6) is 0 Å². The van der Waals surface area contributed by atoms with E-state index in [4.69, 9.17) is 4.74 Å². The minimum atomic E-state index is -0.400. The highest BCUT2D eigenvalue weighted by Gasteiger charge is 2.68. The summed E-state index contributed by atoms with van der Waals surface area (Å²) in [5.41, 5.74) is 1.86. The Bertz CT molecular complexity index is 757. The number of rotatable bonds is 4. The molecule has 2 aliphatic heterocycles. The fraction of sp³-hybridized carbons (Fsp3) is 0.500. The van der Waals surface area contributed by atoms with E-state index in [1.165, 1.54) is 6.92 Å². The summed E-state index contributed by atoms with van der Waals surface area (Å²) in [5.74, 6) is 0.329. The zero-order chi connectivity index (χ0) is 17.6. The topological polar surface area (TPSA) is 94.5 Å². The van der Waals surface area contributed by atoms with Crippen LogP contribution < -0.4 is 15.5 Å². The van der Waals surface area contributed by atoms with Crippen molar-refractivity contribution in [1.82, 2.24) is 10.6 Å². The third kappa shape index (κ3) is 2.45. The molecule has 0 unspecified atom stereocenters. The Labute approximate surface area is 145 Å². The number of carbonyl (C=O) groups excluding carboxylic acids is 2. The Morgan fingerprint density at radius 3 is 2.88 bits per heavy atom. The number of ether oxygens (including phenoxy) is 1. The van der Waals surface area contributed by atoms with Crippen molar-refractivity contribution in [3.63, 3.8) is 0 Å². The van der Waals surface area contributed by atoms with E-state index in [2.05, 4.69) is 16.7 Å². The van der Waals surface area contributed by atoms with Gasteiger partial charge in [-0.2, -0.15) is 5.26 Å². The summed E-state index contributed by atoms with van der Waals surface area (Å²) in [5, 5.41) is 15.4. The molecule has 25 heavy (non-hydrogen) atoms. The van der Waals surface area contributed by atoms with E-state index in [1.807, 2.05) is 24.3 Å². The molecule has 0 aromatic heterocycles. The zero-order valence-corrected chi connectivity index (χ0v) is 14.0. The molecular formula is C18H20N4O3. The van der Waals surface area contributed by atoms with Crippen molar-refractivity contribution in [2.45, 2.75) is 18.4 Å². The quantitative estimate of drug-likeness (QED) is 0.844. The number of piperidine rings is 1. The first-order valence-corrected chi connectivity index (χ1v) is 8.49. The molecule has 2 N–H and O–H groups in total. The number of nitriles is 1. The molecule has 2 amide bonds. The number of fused-ring (bicyclic) bond motifs is 1. The van der Waals surface area contributed by atoms with Crippen molar-refractivity contribution in [2.75, 3.05) is 31.1 Å². The van der Waals surface area contributed by atoms with Crippen molar-refractivity contribution in [3.8, 4) is 6.07 Å². The largest absolute Gasteiger partial charge is 0.442 e. The lowest BCUT2D eigenvalue weighted by Crippen LogP contribution is -2.33. The van der Waals surface area contributed by atoms with Gasteiger partial charge in [0, 0.05) is 37.0 Å². The van der Waals surface area contributed by atoms with E-state index in [0.29, 0.717) is 19.0 Å². The summed E-state index contributed by atoms with van der Waals surface area (Å²) in [7, 11) is 0. The van der Waals surface area contributed by atoms with Crippen LogP contribution in [0.1, 0.15) is 12.5 Å². The second-order valence-electron chi connectivity index (χ2n) is 6.98. The normalized spacial score (nSPS) is 32.7. The molecule has 2 saturated heterocycles. The van der Waals surface area contributed by atoms with E-state index in [0.717, 1.165) is 24.3 Å². The van der Waals surface area contributed by atoms with E-state index in [9.17, 15) is 14.9 Å². The molecule has 0 radical (unpaired) electrons. The molecule has 7 nitrogen and oxygen atoms in total. The molecule has 7 heteroatoms. The average Bonchev–Trinajstić information content (AvgIpc) is 2.89. The molecule has 3 aliphatic rings. The maximum absolute atomic E-state index is 12.1. The van der Waals surface area contributed by atoms with Crippen LogP contribution in [0.15, 0.2) is 24.3 Å². The van der Waals surface area contributed by atoms with Crippen LogP contribution in [0.4, 0.5) is 10.5 Å². The van der Waals surface area contributed by atoms with Gasteiger partial charge in [-0.1, -0.05) is 12.1 Å². The van der Waals surface area contributed by atoms with Crippen LogP contribution in [-0.4, -0.2) is 44.3 Å². The van der Waals surface area contributed by atoms with Gasteiger partial charge >= 0.3 is 6.09 Å². The van der Waals surface area contributed by atoms with Gasteiger partial charge in [0.2, 0.25) is 5.91 Å². The predicted octanol–water partition coefficient (Wildman–Crippen LogP) is 0.758. The summed E-state index contributed by atoms with van der Waals surface area (Å²) in [6.07, 6.45) is -0.743. The summed E-state index contributed by atoms with van der Waals surface area (Å²) in [6.45, 7) is 3.89. The average molecular weight is 340 g/mol. The zero-order valence-electron chi connectivity index (χ0n) is 14.0. The van der Waals surface area contributed by atoms with Crippen LogP contribution in [0.25, 0.3) is 0 Å². The van der Waals surface area contributed by atoms with Crippen LogP contribution in [0.2, 0.25) is 0 Å². The van der Waals surface area contributed by atoms with Crippen LogP contribution in [-0.2, 0) is 14.9 Å². The molecule has 0 spiro atoms. The highest BCUT2D eigenvalue weighted by atomic mass is 16.6. The van der Waals surface area contributed by atoms with Crippen LogP contribution >= 0.6 is 0 Å². The lowest BCUT2D eigenvalue weighted by Gasteiger charge is -2.17. The van der Waals surface area contributed by atoms with Gasteiger partial charge in [-0.05, 0) is 17.7 Å². The first-order valence-electron chi connectivity index (χ1n) is 8.49. The van der Waals surface area contributed by atoms with E-state index in [1.54, 1.807) is 4.90 Å². The minimum Gasteiger partial charge on any atom is -0.442 e. The Kier molecular flexibility index (Phi) is 3.65. The Morgan fingerprint density at radius 1 is 1.48 bits per heavy atom. The molecule has 3 fully saturated rings. The van der Waals surface area contributed by atoms with Crippen molar-refractivity contribution < 1.29 is 14.3 Å². The number of anilines is 1. The summed E-state index contributed by atoms with van der Waals surface area (Å²) < 4.78 is 5.29. The van der Waals surface area contributed by atoms with Crippen molar-refractivity contribution in [2.24, 2.45) is 11.8 Å². The number of nitrogens with one attached hydrogen (secondary N) is 2. The number of hydrogen-bond donors (Lipinski definition) is 2. The molecular weight excluding hydrogens is 320 g/mol. The molecule has 130 valence electrons. The van der Waals surface area contributed by atoms with E-state index < -0.39 is 6.09 Å². The summed E-state index contributed by atoms with van der Waals surface area (Å²) in [6, 6.07) is 10.3. The highest BCUT2D eigenvalue weighted by Crippen LogP contribution is 2.61. The first-order chi connectivity index (χ1) is 12.1. The fourth-order valence-electron chi connectivity index (χ4n) is 4.24. The second-order valence-corrected chi connectivity index (χ2v) is 6.98. The highest BCUT2D eigenvalue weighted by molar-refractivity contribution is 5.89. The second kappa shape index (κ2) is 5.74. The van der Waals surface area contributed by atoms with Gasteiger partial charge in [0.15, 0.2) is 0 Å². The van der Waals surface area contributed by atoms with Gasteiger partial charge in [-0.3, -0.25) is 9.69 Å². The molecule has 4 atom stereocenters. The third-order valence-corrected chi connectivity index (χ3v) is 5.60. The summed E-state index contributed by atoms with van der Waals surface area (Å²) >= 11 is 0. The molecule has 1 saturated carbocycles. The van der Waals surface area contributed by atoms with Gasteiger partial charge < -0.3 is 15.4 Å². The van der Waals surface area contributed by atoms with Gasteiger partial charge in [-0.15, -0.1) is 0 Å². The van der Waals surface area contributed by atoms with Gasteiger partial charge in [0.05, 0.1) is 25.1 Å². The number of amides is 2. The predicted molar refractivity (Wildman–Crippen MR) is 89.9 cm³/mol. The molecule has 1 aromatic rings. The van der Waals surface area contributed by atoms with Crippen molar-refractivity contribution >= 4 is 17.7 Å². The molecule has 4 rings (SSSR count). The molecule has 1 aliphatic carbocycles. The maximum atomic E-state index is 12.1. The lowest BCUT2D eigenvalue weighted by atomic mass is 9.93. The molecule has 1 aromatic carbocycles. The SMILES string of the molecule is CC(=O)NC[C@H]1CN(c2ccc([C@]34CNC[C@H]3[C@H]4C#N)cc2)C(=O)O1. The van der Waals surface area contributed by atoms with Crippen LogP contribution in [0.3, 0.4) is 0 Å². The Hall–Kier alpha value is -2.59. The smallest absolute Gasteiger partial charge is 0.414 e. The molecule has 0 bridgehead atoms. The number of carbonyl (C=O) groups is 2. The first kappa shape index (κ1) is 15.9. The van der Waals surface area contributed by atoms with Crippen LogP contribution in [0, 0.1) is 23.2 Å². The standard InChI is InChI=1S/C18H20N4O3/c1-11(23)21-7-14-9-22(17(24)25-14)13-4-2-12(3-5-13)18-10-20-8-16(18)15(18)6-19/h2-5,14-16,20H,7-10H2,1H3,(H,21,23)/t14-,15+,16-,18-/m0/s1. The van der Waals surface area contributed by atoms with Crippen molar-refractivity contribution in [3.05, 3.63) is 29.8 Å². The Balaban J connectivity index is 1.47. The number of nitrogens with zero attached hydrogens (tertiary/aromatic N) is 2. The van der Waals surface area contributed by atoms with Crippen molar-refractivity contribution in [1.29, 1.82) is 5.26 Å². The van der Waals surface area contributed by atoms with Gasteiger partial charge in [0.25, 0.3) is 0 Å². The Morgan fingerprint density at radius 2 is 2.24 bits per heavy atom. The van der Waals surface area contributed by atoms with E-state index in [-0.39, 0.29) is 23.3 Å². The minimum absolute atomic E-state index is 0.0628. The number of cyclic esters (lactones) is 1.